The molecule has 1 aliphatic rings. The fraction of sp³-hybridized carbons (Fsp3) is 0.227. The van der Waals surface area contributed by atoms with E-state index >= 15 is 0 Å². The van der Waals surface area contributed by atoms with Crippen LogP contribution in [-0.2, 0) is 13.1 Å². The number of rotatable bonds is 3. The lowest BCUT2D eigenvalue weighted by molar-refractivity contribution is 0.286. The molecule has 1 aromatic heterocycles. The van der Waals surface area contributed by atoms with Crippen LogP contribution < -0.4 is 5.32 Å². The van der Waals surface area contributed by atoms with Gasteiger partial charge in [0.05, 0.1) is 6.04 Å². The highest BCUT2D eigenvalue weighted by molar-refractivity contribution is 7.80. The summed E-state index contributed by atoms with van der Waals surface area (Å²) < 4.78 is 2.33. The summed E-state index contributed by atoms with van der Waals surface area (Å²) in [6, 6.07) is 23.7. The van der Waals surface area contributed by atoms with Gasteiger partial charge in [-0.15, -0.1) is 0 Å². The Morgan fingerprint density at radius 2 is 1.77 bits per heavy atom. The van der Waals surface area contributed by atoms with Crippen LogP contribution in [0.25, 0.3) is 0 Å². The van der Waals surface area contributed by atoms with Crippen molar-refractivity contribution in [3.8, 4) is 0 Å². The van der Waals surface area contributed by atoms with E-state index in [2.05, 4.69) is 88.6 Å². The summed E-state index contributed by atoms with van der Waals surface area (Å²) >= 11 is 5.78. The molecule has 4 rings (SSSR count). The standard InChI is InChI=1S/C22H23N3S/c1-17-9-11-19(12-10-17)21-20-8-5-13-24(20)14-15-25(21)22(26)23-16-18-6-3-2-4-7-18/h2-13,21H,14-16H2,1H3,(H,23,26)/t21-/m1/s1. The van der Waals surface area contributed by atoms with Crippen molar-refractivity contribution in [1.29, 1.82) is 0 Å². The molecule has 1 atom stereocenters. The Morgan fingerprint density at radius 1 is 1.00 bits per heavy atom. The van der Waals surface area contributed by atoms with Gasteiger partial charge in [0.15, 0.2) is 5.11 Å². The lowest BCUT2D eigenvalue weighted by Crippen LogP contribution is -2.46. The van der Waals surface area contributed by atoms with Crippen molar-refractivity contribution in [2.45, 2.75) is 26.1 Å². The summed E-state index contributed by atoms with van der Waals surface area (Å²) in [7, 11) is 0. The first-order valence-electron chi connectivity index (χ1n) is 9.02. The van der Waals surface area contributed by atoms with Gasteiger partial charge in [0.1, 0.15) is 0 Å². The minimum absolute atomic E-state index is 0.148. The third kappa shape index (κ3) is 3.37. The highest BCUT2D eigenvalue weighted by atomic mass is 32.1. The maximum atomic E-state index is 5.78. The number of hydrogen-bond donors (Lipinski definition) is 1. The first-order valence-corrected chi connectivity index (χ1v) is 9.43. The van der Waals surface area contributed by atoms with E-state index in [0.29, 0.717) is 0 Å². The van der Waals surface area contributed by atoms with Gasteiger partial charge < -0.3 is 14.8 Å². The van der Waals surface area contributed by atoms with Gasteiger partial charge in [-0.05, 0) is 42.4 Å². The highest BCUT2D eigenvalue weighted by Gasteiger charge is 2.30. The van der Waals surface area contributed by atoms with Crippen LogP contribution in [-0.4, -0.2) is 21.1 Å². The van der Waals surface area contributed by atoms with Gasteiger partial charge >= 0.3 is 0 Å². The van der Waals surface area contributed by atoms with Crippen LogP contribution >= 0.6 is 12.2 Å². The van der Waals surface area contributed by atoms with Crippen LogP contribution in [0.2, 0.25) is 0 Å². The summed E-state index contributed by atoms with van der Waals surface area (Å²) in [6.07, 6.45) is 2.16. The van der Waals surface area contributed by atoms with Gasteiger partial charge in [0.25, 0.3) is 0 Å². The first-order chi connectivity index (χ1) is 12.7. The molecule has 3 aromatic rings. The van der Waals surface area contributed by atoms with E-state index in [4.69, 9.17) is 12.2 Å². The fourth-order valence-electron chi connectivity index (χ4n) is 3.58. The second-order valence-electron chi connectivity index (χ2n) is 6.78. The van der Waals surface area contributed by atoms with Gasteiger partial charge in [-0.2, -0.15) is 0 Å². The van der Waals surface area contributed by atoms with Crippen LogP contribution in [0.3, 0.4) is 0 Å². The van der Waals surface area contributed by atoms with E-state index in [-0.39, 0.29) is 6.04 Å². The number of hydrogen-bond acceptors (Lipinski definition) is 1. The van der Waals surface area contributed by atoms with E-state index in [9.17, 15) is 0 Å². The average Bonchev–Trinajstić information content (AvgIpc) is 3.16. The van der Waals surface area contributed by atoms with Crippen molar-refractivity contribution >= 4 is 17.3 Å². The smallest absolute Gasteiger partial charge is 0.170 e. The number of benzene rings is 2. The molecule has 132 valence electrons. The third-order valence-corrected chi connectivity index (χ3v) is 5.36. The zero-order valence-corrected chi connectivity index (χ0v) is 15.7. The Kier molecular flexibility index (Phi) is 4.76. The van der Waals surface area contributed by atoms with Crippen LogP contribution in [0.1, 0.15) is 28.4 Å². The SMILES string of the molecule is Cc1ccc([C@@H]2c3cccn3CCN2C(=S)NCc2ccccc2)cc1. The summed E-state index contributed by atoms with van der Waals surface area (Å²) in [4.78, 5) is 2.32. The van der Waals surface area contributed by atoms with Crippen molar-refractivity contribution in [3.63, 3.8) is 0 Å². The molecule has 0 aliphatic carbocycles. The molecular weight excluding hydrogens is 338 g/mol. The molecule has 0 amide bonds. The third-order valence-electron chi connectivity index (χ3n) is 4.98. The van der Waals surface area contributed by atoms with E-state index in [1.165, 1.54) is 22.4 Å². The second kappa shape index (κ2) is 7.34. The zero-order chi connectivity index (χ0) is 17.9. The molecule has 0 fully saturated rings. The molecule has 2 aromatic carbocycles. The topological polar surface area (TPSA) is 20.2 Å². The molecule has 1 aliphatic heterocycles. The van der Waals surface area contributed by atoms with Gasteiger partial charge in [-0.3, -0.25) is 0 Å². The molecule has 0 saturated heterocycles. The molecular formula is C22H23N3S. The van der Waals surface area contributed by atoms with Crippen LogP contribution in [0, 0.1) is 6.92 Å². The quantitative estimate of drug-likeness (QED) is 0.703. The molecule has 1 N–H and O–H groups in total. The largest absolute Gasteiger partial charge is 0.358 e. The second-order valence-corrected chi connectivity index (χ2v) is 7.16. The van der Waals surface area contributed by atoms with E-state index in [0.717, 1.165) is 24.7 Å². The van der Waals surface area contributed by atoms with Gasteiger partial charge in [-0.1, -0.05) is 60.2 Å². The number of nitrogens with zero attached hydrogens (tertiary/aromatic N) is 2. The molecule has 0 unspecified atom stereocenters. The molecule has 2 heterocycles. The zero-order valence-electron chi connectivity index (χ0n) is 14.9. The summed E-state index contributed by atoms with van der Waals surface area (Å²) in [6.45, 7) is 4.73. The molecule has 26 heavy (non-hydrogen) atoms. The van der Waals surface area contributed by atoms with Crippen LogP contribution in [0.5, 0.6) is 0 Å². The molecule has 0 bridgehead atoms. The van der Waals surface area contributed by atoms with Crippen LogP contribution in [0.4, 0.5) is 0 Å². The lowest BCUT2D eigenvalue weighted by atomic mass is 9.99. The maximum absolute atomic E-state index is 5.78. The van der Waals surface area contributed by atoms with Crippen molar-refractivity contribution in [1.82, 2.24) is 14.8 Å². The number of thiocarbonyl (C=S) groups is 1. The number of nitrogens with one attached hydrogen (secondary N) is 1. The first kappa shape index (κ1) is 16.9. The summed E-state index contributed by atoms with van der Waals surface area (Å²) in [5, 5.41) is 4.26. The maximum Gasteiger partial charge on any atom is 0.170 e. The Balaban J connectivity index is 1.59. The summed E-state index contributed by atoms with van der Waals surface area (Å²) in [5.74, 6) is 0. The Bertz CT molecular complexity index is 883. The molecule has 0 spiro atoms. The molecule has 3 nitrogen and oxygen atoms in total. The Labute approximate surface area is 160 Å². The van der Waals surface area contributed by atoms with Gasteiger partial charge in [0, 0.05) is 31.5 Å². The highest BCUT2D eigenvalue weighted by Crippen LogP contribution is 2.32. The Morgan fingerprint density at radius 3 is 2.54 bits per heavy atom. The monoisotopic (exact) mass is 361 g/mol. The van der Waals surface area contributed by atoms with Crippen molar-refractivity contribution in [2.75, 3.05) is 6.54 Å². The molecule has 0 radical (unpaired) electrons. The minimum atomic E-state index is 0.148. The average molecular weight is 362 g/mol. The fourth-order valence-corrected chi connectivity index (χ4v) is 3.85. The molecule has 4 heteroatoms. The van der Waals surface area contributed by atoms with Gasteiger partial charge in [-0.25, -0.2) is 0 Å². The van der Waals surface area contributed by atoms with Gasteiger partial charge in [0.2, 0.25) is 0 Å². The van der Waals surface area contributed by atoms with Crippen molar-refractivity contribution in [2.24, 2.45) is 0 Å². The van der Waals surface area contributed by atoms with Crippen molar-refractivity contribution in [3.05, 3.63) is 95.3 Å². The van der Waals surface area contributed by atoms with E-state index in [1.54, 1.807) is 0 Å². The number of aryl methyl sites for hydroxylation is 1. The van der Waals surface area contributed by atoms with E-state index < -0.39 is 0 Å². The van der Waals surface area contributed by atoms with E-state index in [1.807, 2.05) is 6.07 Å². The predicted molar refractivity (Wildman–Crippen MR) is 110 cm³/mol. The predicted octanol–water partition coefficient (Wildman–Crippen LogP) is 4.28. The normalized spacial score (nSPS) is 16.2. The van der Waals surface area contributed by atoms with Crippen molar-refractivity contribution < 1.29 is 0 Å². The summed E-state index contributed by atoms with van der Waals surface area (Å²) in [5.41, 5.74) is 5.08. The Hall–Kier alpha value is -2.59. The number of aromatic nitrogens is 1. The minimum Gasteiger partial charge on any atom is -0.358 e. The lowest BCUT2D eigenvalue weighted by Gasteiger charge is -2.39. The van der Waals surface area contributed by atoms with Crippen LogP contribution in [0.15, 0.2) is 72.9 Å². The molecule has 0 saturated carbocycles. The number of fused-ring (bicyclic) bond motifs is 1.